The summed E-state index contributed by atoms with van der Waals surface area (Å²) < 4.78 is 0. The third-order valence-electron chi connectivity index (χ3n) is 2.81. The van der Waals surface area contributed by atoms with Gasteiger partial charge in [-0.15, -0.1) is 0 Å². The van der Waals surface area contributed by atoms with Crippen molar-refractivity contribution in [3.63, 3.8) is 0 Å². The molecule has 2 amide bonds. The molecule has 0 saturated carbocycles. The number of nitrogens with zero attached hydrogens (tertiary/aromatic N) is 2. The van der Waals surface area contributed by atoms with E-state index in [1.807, 2.05) is 4.90 Å². The van der Waals surface area contributed by atoms with Crippen LogP contribution in [0.4, 0.5) is 4.79 Å². The van der Waals surface area contributed by atoms with Gasteiger partial charge < -0.3 is 14.6 Å². The molecule has 0 aromatic carbocycles. The van der Waals surface area contributed by atoms with Crippen molar-refractivity contribution in [2.75, 3.05) is 33.8 Å². The summed E-state index contributed by atoms with van der Waals surface area (Å²) >= 11 is 0. The van der Waals surface area contributed by atoms with E-state index >= 15 is 0 Å². The number of amides is 2. The molecule has 0 atom stereocenters. The van der Waals surface area contributed by atoms with Gasteiger partial charge in [-0.25, -0.2) is 4.79 Å². The first kappa shape index (κ1) is 14.3. The average Bonchev–Trinajstić information content (AvgIpc) is 2.28. The maximum atomic E-state index is 11.7. The fraction of sp³-hybridized carbons (Fsp3) is 0.917. The van der Waals surface area contributed by atoms with Gasteiger partial charge in [0.2, 0.25) is 0 Å². The Kier molecular flexibility index (Phi) is 5.71. The van der Waals surface area contributed by atoms with Gasteiger partial charge in [-0.2, -0.15) is 5.48 Å². The number of hydroxylamine groups is 1. The molecule has 1 N–H and O–H groups in total. The van der Waals surface area contributed by atoms with Crippen molar-refractivity contribution >= 4 is 6.03 Å². The van der Waals surface area contributed by atoms with Gasteiger partial charge in [0.05, 0.1) is 6.61 Å². The lowest BCUT2D eigenvalue weighted by molar-refractivity contribution is -0.0115. The fourth-order valence-corrected chi connectivity index (χ4v) is 1.80. The van der Waals surface area contributed by atoms with Crippen LogP contribution >= 0.6 is 0 Å². The molecule has 5 nitrogen and oxygen atoms in total. The van der Waals surface area contributed by atoms with Crippen molar-refractivity contribution in [3.8, 4) is 0 Å². The maximum Gasteiger partial charge on any atom is 0.319 e. The van der Waals surface area contributed by atoms with Crippen molar-refractivity contribution in [2.24, 2.45) is 5.92 Å². The number of carbonyl (C=O) groups excluding carboxylic acids is 1. The van der Waals surface area contributed by atoms with Crippen molar-refractivity contribution in [2.45, 2.75) is 32.7 Å². The number of hydrogen-bond acceptors (Lipinski definition) is 3. The van der Waals surface area contributed by atoms with Gasteiger partial charge in [0.1, 0.15) is 0 Å². The van der Waals surface area contributed by atoms with E-state index in [2.05, 4.69) is 19.3 Å². The summed E-state index contributed by atoms with van der Waals surface area (Å²) in [6.45, 7) is 6.59. The second-order valence-corrected chi connectivity index (χ2v) is 5.26. The summed E-state index contributed by atoms with van der Waals surface area (Å²) in [4.78, 5) is 20.6. The molecule has 17 heavy (non-hydrogen) atoms. The van der Waals surface area contributed by atoms with Gasteiger partial charge >= 0.3 is 6.03 Å². The topological polar surface area (TPSA) is 44.8 Å². The van der Waals surface area contributed by atoms with Crippen molar-refractivity contribution in [1.82, 2.24) is 15.3 Å². The Morgan fingerprint density at radius 3 is 2.47 bits per heavy atom. The predicted molar refractivity (Wildman–Crippen MR) is 67.6 cm³/mol. The quantitative estimate of drug-likeness (QED) is 0.757. The fourth-order valence-electron chi connectivity index (χ4n) is 1.80. The number of hydrogen-bond donors (Lipinski definition) is 1. The van der Waals surface area contributed by atoms with Crippen LogP contribution in [0, 0.1) is 5.92 Å². The van der Waals surface area contributed by atoms with E-state index in [4.69, 9.17) is 4.84 Å². The van der Waals surface area contributed by atoms with Gasteiger partial charge in [0.15, 0.2) is 0 Å². The minimum atomic E-state index is 0.103. The molecule has 0 unspecified atom stereocenters. The third-order valence-corrected chi connectivity index (χ3v) is 2.81. The molecule has 1 fully saturated rings. The molecule has 1 heterocycles. The number of likely N-dealkylation sites (tertiary alicyclic amines) is 1. The van der Waals surface area contributed by atoms with Crippen LogP contribution in [0.15, 0.2) is 0 Å². The van der Waals surface area contributed by atoms with Crippen LogP contribution in [0.25, 0.3) is 0 Å². The van der Waals surface area contributed by atoms with Crippen molar-refractivity contribution in [1.29, 1.82) is 0 Å². The van der Waals surface area contributed by atoms with E-state index in [0.29, 0.717) is 12.0 Å². The zero-order valence-electron chi connectivity index (χ0n) is 11.4. The highest BCUT2D eigenvalue weighted by atomic mass is 16.6. The lowest BCUT2D eigenvalue weighted by atomic mass is 10.1. The van der Waals surface area contributed by atoms with E-state index in [0.717, 1.165) is 32.5 Å². The Balaban J connectivity index is 2.19. The number of carbonyl (C=O) groups is 1. The monoisotopic (exact) mass is 243 g/mol. The highest BCUT2D eigenvalue weighted by molar-refractivity contribution is 5.73. The van der Waals surface area contributed by atoms with E-state index in [9.17, 15) is 4.79 Å². The van der Waals surface area contributed by atoms with Crippen LogP contribution in [0.5, 0.6) is 0 Å². The molecule has 1 aliphatic rings. The Bertz CT molecular complexity index is 236. The Labute approximate surface area is 104 Å². The van der Waals surface area contributed by atoms with E-state index in [1.165, 1.54) is 0 Å². The molecular formula is C12H25N3O2. The molecule has 0 radical (unpaired) electrons. The van der Waals surface area contributed by atoms with Crippen LogP contribution in [0.1, 0.15) is 26.7 Å². The first-order valence-electron chi connectivity index (χ1n) is 6.34. The van der Waals surface area contributed by atoms with Gasteiger partial charge in [-0.1, -0.05) is 13.8 Å². The van der Waals surface area contributed by atoms with Crippen LogP contribution in [-0.2, 0) is 4.84 Å². The number of nitrogens with one attached hydrogen (secondary N) is 1. The molecule has 0 aromatic rings. The van der Waals surface area contributed by atoms with Gasteiger partial charge in [0, 0.05) is 33.2 Å². The highest BCUT2D eigenvalue weighted by Gasteiger charge is 2.23. The Hall–Kier alpha value is -0.810. The molecular weight excluding hydrogens is 218 g/mol. The first-order valence-corrected chi connectivity index (χ1v) is 6.34. The molecule has 0 bridgehead atoms. The predicted octanol–water partition coefficient (Wildman–Crippen LogP) is 1.31. The standard InChI is InChI=1S/C12H25N3O2/c1-10(2)9-17-13-11-5-7-15(8-6-11)12(16)14(3)4/h10-11,13H,5-9H2,1-4H3. The van der Waals surface area contributed by atoms with Crippen LogP contribution in [-0.4, -0.2) is 55.7 Å². The SMILES string of the molecule is CC(C)CONC1CCN(C(=O)N(C)C)CC1. The van der Waals surface area contributed by atoms with Crippen molar-refractivity contribution < 1.29 is 9.63 Å². The summed E-state index contributed by atoms with van der Waals surface area (Å²) in [6, 6.07) is 0.478. The van der Waals surface area contributed by atoms with Crippen LogP contribution in [0.2, 0.25) is 0 Å². The summed E-state index contributed by atoms with van der Waals surface area (Å²) in [6.07, 6.45) is 1.91. The summed E-state index contributed by atoms with van der Waals surface area (Å²) in [5, 5.41) is 0. The number of piperidine rings is 1. The third kappa shape index (κ3) is 4.91. The Morgan fingerprint density at radius 2 is 2.00 bits per heavy atom. The molecule has 0 aliphatic carbocycles. The molecule has 1 saturated heterocycles. The zero-order chi connectivity index (χ0) is 12.8. The molecule has 5 heteroatoms. The molecule has 0 aromatic heterocycles. The molecule has 1 rings (SSSR count). The summed E-state index contributed by atoms with van der Waals surface area (Å²) in [7, 11) is 3.58. The lowest BCUT2D eigenvalue weighted by Crippen LogP contribution is -2.48. The second-order valence-electron chi connectivity index (χ2n) is 5.26. The normalized spacial score (nSPS) is 17.6. The first-order chi connectivity index (χ1) is 8.00. The maximum absolute atomic E-state index is 11.7. The zero-order valence-corrected chi connectivity index (χ0v) is 11.4. The Morgan fingerprint density at radius 1 is 1.41 bits per heavy atom. The van der Waals surface area contributed by atoms with Gasteiger partial charge in [-0.3, -0.25) is 0 Å². The van der Waals surface area contributed by atoms with Crippen LogP contribution < -0.4 is 5.48 Å². The molecule has 0 spiro atoms. The van der Waals surface area contributed by atoms with Crippen LogP contribution in [0.3, 0.4) is 0 Å². The summed E-state index contributed by atoms with van der Waals surface area (Å²) in [5.41, 5.74) is 3.09. The number of rotatable bonds is 4. The number of urea groups is 1. The second kappa shape index (κ2) is 6.81. The van der Waals surface area contributed by atoms with Crippen molar-refractivity contribution in [3.05, 3.63) is 0 Å². The molecule has 1 aliphatic heterocycles. The summed E-state index contributed by atoms with van der Waals surface area (Å²) in [5.74, 6) is 0.540. The minimum Gasteiger partial charge on any atom is -0.331 e. The average molecular weight is 243 g/mol. The van der Waals surface area contributed by atoms with Gasteiger partial charge in [0.25, 0.3) is 0 Å². The minimum absolute atomic E-state index is 0.103. The van der Waals surface area contributed by atoms with E-state index in [1.54, 1.807) is 19.0 Å². The largest absolute Gasteiger partial charge is 0.331 e. The van der Waals surface area contributed by atoms with Gasteiger partial charge in [-0.05, 0) is 18.8 Å². The molecule has 100 valence electrons. The smallest absolute Gasteiger partial charge is 0.319 e. The lowest BCUT2D eigenvalue weighted by Gasteiger charge is -2.33. The van der Waals surface area contributed by atoms with E-state index in [-0.39, 0.29) is 6.03 Å². The van der Waals surface area contributed by atoms with E-state index < -0.39 is 0 Å². The highest BCUT2D eigenvalue weighted by Crippen LogP contribution is 2.11.